The molecule has 2 aromatic rings. The van der Waals surface area contributed by atoms with E-state index in [-0.39, 0.29) is 49.5 Å². The molecule has 0 aliphatic carbocycles. The Morgan fingerprint density at radius 1 is 1.23 bits per heavy atom. The fraction of sp³-hybridized carbons (Fsp3) is 0.556. The number of carbonyl (C=O) groups is 3. The van der Waals surface area contributed by atoms with Crippen LogP contribution < -0.4 is 20.7 Å². The van der Waals surface area contributed by atoms with E-state index in [1.807, 2.05) is 20.8 Å². The summed E-state index contributed by atoms with van der Waals surface area (Å²) in [6, 6.07) is 4.01. The van der Waals surface area contributed by atoms with Crippen molar-refractivity contribution in [1.29, 1.82) is 0 Å². The van der Waals surface area contributed by atoms with E-state index < -0.39 is 12.1 Å². The molecule has 0 saturated heterocycles. The molecular formula is C27H40N6O6. The molecule has 0 bridgehead atoms. The summed E-state index contributed by atoms with van der Waals surface area (Å²) in [6.45, 7) is 11.3. The number of aliphatic hydroxyl groups is 1. The highest BCUT2D eigenvalue weighted by Gasteiger charge is 2.32. The minimum absolute atomic E-state index is 0.0306. The quantitative estimate of drug-likeness (QED) is 0.418. The fourth-order valence-electron chi connectivity index (χ4n) is 4.37. The van der Waals surface area contributed by atoms with Crippen LogP contribution >= 0.6 is 0 Å². The molecule has 1 aromatic heterocycles. The Bertz CT molecular complexity index is 1160. The van der Waals surface area contributed by atoms with Gasteiger partial charge in [0.05, 0.1) is 25.6 Å². The molecule has 0 radical (unpaired) electrons. The van der Waals surface area contributed by atoms with Gasteiger partial charge in [-0.1, -0.05) is 12.1 Å². The standard InChI is InChI=1S/C27H40N6O6/c1-15(2)28-26(36)29-21-8-9-22-20(10-21)11-24(35)33(17(4)14-34)12-16(3)23(38-22)13-32(7)27(37)30-25-18(5)31-39-19(25)6/h8-10,15-17,23,34H,11-14H2,1-7H3,(H,30,37)(H2,28,29,36)/t16-,17-,23+/m0/s1. The maximum atomic E-state index is 13.4. The van der Waals surface area contributed by atoms with Gasteiger partial charge in [0.1, 0.15) is 23.2 Å². The van der Waals surface area contributed by atoms with Gasteiger partial charge >= 0.3 is 12.1 Å². The van der Waals surface area contributed by atoms with Crippen LogP contribution in [0.15, 0.2) is 22.7 Å². The molecular weight excluding hydrogens is 504 g/mol. The summed E-state index contributed by atoms with van der Waals surface area (Å²) in [5.74, 6) is 0.655. The number of hydrogen-bond acceptors (Lipinski definition) is 7. The lowest BCUT2D eigenvalue weighted by Crippen LogP contribution is -2.48. The van der Waals surface area contributed by atoms with E-state index in [1.165, 1.54) is 4.90 Å². The average Bonchev–Trinajstić information content (AvgIpc) is 3.20. The van der Waals surface area contributed by atoms with Crippen LogP contribution in [0.25, 0.3) is 0 Å². The van der Waals surface area contributed by atoms with Crippen molar-refractivity contribution in [3.63, 3.8) is 0 Å². The van der Waals surface area contributed by atoms with Crippen LogP contribution in [-0.2, 0) is 11.2 Å². The van der Waals surface area contributed by atoms with E-state index in [9.17, 15) is 19.5 Å². The predicted molar refractivity (Wildman–Crippen MR) is 147 cm³/mol. The highest BCUT2D eigenvalue weighted by atomic mass is 16.5. The van der Waals surface area contributed by atoms with Gasteiger partial charge in [0.2, 0.25) is 5.91 Å². The van der Waals surface area contributed by atoms with Crippen molar-refractivity contribution in [2.75, 3.05) is 37.4 Å². The van der Waals surface area contributed by atoms with E-state index >= 15 is 0 Å². The number of rotatable bonds is 7. The molecule has 0 fully saturated rings. The molecule has 4 N–H and O–H groups in total. The average molecular weight is 545 g/mol. The van der Waals surface area contributed by atoms with Crippen LogP contribution in [0.4, 0.5) is 21.0 Å². The third-order valence-electron chi connectivity index (χ3n) is 6.66. The third-order valence-corrected chi connectivity index (χ3v) is 6.66. The Morgan fingerprint density at radius 2 is 1.95 bits per heavy atom. The maximum Gasteiger partial charge on any atom is 0.321 e. The number of aliphatic hydroxyl groups excluding tert-OH is 1. The number of aromatic nitrogens is 1. The molecule has 214 valence electrons. The normalized spacial score (nSPS) is 18.3. The van der Waals surface area contributed by atoms with Crippen LogP contribution in [0.5, 0.6) is 5.75 Å². The van der Waals surface area contributed by atoms with Gasteiger partial charge in [-0.2, -0.15) is 0 Å². The van der Waals surface area contributed by atoms with Crippen molar-refractivity contribution in [2.45, 2.75) is 66.2 Å². The van der Waals surface area contributed by atoms with Crippen molar-refractivity contribution in [1.82, 2.24) is 20.3 Å². The number of amides is 5. The Labute approximate surface area is 229 Å². The molecule has 12 nitrogen and oxygen atoms in total. The van der Waals surface area contributed by atoms with Gasteiger partial charge in [-0.15, -0.1) is 0 Å². The SMILES string of the molecule is Cc1noc(C)c1NC(=O)N(C)C[C@H]1Oc2ccc(NC(=O)NC(C)C)cc2CC(=O)N([C@@H](C)CO)C[C@@H]1C. The van der Waals surface area contributed by atoms with Gasteiger partial charge in [-0.3, -0.25) is 4.79 Å². The predicted octanol–water partition coefficient (Wildman–Crippen LogP) is 3.13. The monoisotopic (exact) mass is 544 g/mol. The van der Waals surface area contributed by atoms with Crippen molar-refractivity contribution in [3.8, 4) is 5.75 Å². The molecule has 3 rings (SSSR count). The number of nitrogens with one attached hydrogen (secondary N) is 3. The van der Waals surface area contributed by atoms with Gasteiger partial charge in [0, 0.05) is 36.8 Å². The molecule has 5 amide bonds. The summed E-state index contributed by atoms with van der Waals surface area (Å²) in [5.41, 5.74) is 2.22. The maximum absolute atomic E-state index is 13.4. The third kappa shape index (κ3) is 7.62. The molecule has 1 aliphatic rings. The zero-order valence-electron chi connectivity index (χ0n) is 23.7. The fourth-order valence-corrected chi connectivity index (χ4v) is 4.37. The highest BCUT2D eigenvalue weighted by Crippen LogP contribution is 2.29. The summed E-state index contributed by atoms with van der Waals surface area (Å²) in [5, 5.41) is 22.1. The van der Waals surface area contributed by atoms with E-state index in [2.05, 4.69) is 21.1 Å². The summed E-state index contributed by atoms with van der Waals surface area (Å²) in [4.78, 5) is 41.8. The number of nitrogens with zero attached hydrogens (tertiary/aromatic N) is 3. The molecule has 2 heterocycles. The second-order valence-corrected chi connectivity index (χ2v) is 10.5. The summed E-state index contributed by atoms with van der Waals surface area (Å²) < 4.78 is 11.6. The zero-order valence-corrected chi connectivity index (χ0v) is 23.7. The van der Waals surface area contributed by atoms with Crippen molar-refractivity contribution in [2.24, 2.45) is 5.92 Å². The van der Waals surface area contributed by atoms with E-state index in [0.717, 1.165) is 0 Å². The van der Waals surface area contributed by atoms with Gasteiger partial charge in [0.25, 0.3) is 0 Å². The van der Waals surface area contributed by atoms with Crippen LogP contribution in [0.3, 0.4) is 0 Å². The van der Waals surface area contributed by atoms with Gasteiger partial charge in [-0.05, 0) is 52.8 Å². The lowest BCUT2D eigenvalue weighted by Gasteiger charge is -2.34. The van der Waals surface area contributed by atoms with E-state index in [0.29, 0.717) is 40.7 Å². The summed E-state index contributed by atoms with van der Waals surface area (Å²) >= 11 is 0. The Morgan fingerprint density at radius 3 is 2.56 bits per heavy atom. The Kier molecular flexibility index (Phi) is 9.79. The van der Waals surface area contributed by atoms with Gasteiger partial charge in [0.15, 0.2) is 5.76 Å². The van der Waals surface area contributed by atoms with Crippen LogP contribution in [0.2, 0.25) is 0 Å². The number of fused-ring (bicyclic) bond motifs is 1. The minimum Gasteiger partial charge on any atom is -0.488 e. The van der Waals surface area contributed by atoms with Crippen molar-refractivity contribution >= 4 is 29.3 Å². The molecule has 0 spiro atoms. The first-order valence-corrected chi connectivity index (χ1v) is 13.1. The van der Waals surface area contributed by atoms with E-state index in [1.54, 1.807) is 50.9 Å². The number of urea groups is 2. The first-order valence-electron chi connectivity index (χ1n) is 13.1. The van der Waals surface area contributed by atoms with Crippen LogP contribution in [-0.4, -0.2) is 83.0 Å². The molecule has 3 atom stereocenters. The van der Waals surface area contributed by atoms with Gasteiger partial charge in [-0.25, -0.2) is 9.59 Å². The Balaban J connectivity index is 1.88. The number of benzene rings is 1. The number of aryl methyl sites for hydroxylation is 2. The molecule has 0 saturated carbocycles. The van der Waals surface area contributed by atoms with Crippen LogP contribution in [0, 0.1) is 19.8 Å². The van der Waals surface area contributed by atoms with Gasteiger partial charge < -0.3 is 40.1 Å². The van der Waals surface area contributed by atoms with Crippen LogP contribution in [0.1, 0.15) is 44.7 Å². The Hall–Kier alpha value is -3.80. The number of ether oxygens (including phenoxy) is 1. The topological polar surface area (TPSA) is 149 Å². The number of carbonyl (C=O) groups excluding carboxylic acids is 3. The van der Waals surface area contributed by atoms with Crippen molar-refractivity contribution < 1.29 is 28.8 Å². The highest BCUT2D eigenvalue weighted by molar-refractivity contribution is 5.91. The van der Waals surface area contributed by atoms with E-state index in [4.69, 9.17) is 9.26 Å². The minimum atomic E-state index is -0.480. The first kappa shape index (κ1) is 29.8. The molecule has 39 heavy (non-hydrogen) atoms. The molecule has 0 unspecified atom stereocenters. The second-order valence-electron chi connectivity index (χ2n) is 10.5. The lowest BCUT2D eigenvalue weighted by atomic mass is 10.0. The molecule has 12 heteroatoms. The summed E-state index contributed by atoms with van der Waals surface area (Å²) in [6.07, 6.45) is -0.450. The smallest absolute Gasteiger partial charge is 0.321 e. The lowest BCUT2D eigenvalue weighted by molar-refractivity contribution is -0.134. The second kappa shape index (κ2) is 12.8. The summed E-state index contributed by atoms with van der Waals surface area (Å²) in [7, 11) is 1.66. The van der Waals surface area contributed by atoms with Crippen molar-refractivity contribution in [3.05, 3.63) is 35.2 Å². The number of anilines is 2. The number of likely N-dealkylation sites (N-methyl/N-ethyl adjacent to an activating group) is 1. The zero-order chi connectivity index (χ0) is 28.9. The first-order chi connectivity index (χ1) is 18.4. The number of hydrogen-bond donors (Lipinski definition) is 4. The molecule has 1 aliphatic heterocycles. The molecule has 1 aromatic carbocycles. The largest absolute Gasteiger partial charge is 0.488 e.